The first-order valence-corrected chi connectivity index (χ1v) is 6.06. The Hall–Kier alpha value is -0.720. The van der Waals surface area contributed by atoms with Crippen molar-refractivity contribution < 1.29 is 4.74 Å². The lowest BCUT2D eigenvalue weighted by Gasteiger charge is -2.25. The average Bonchev–Trinajstić information content (AvgIpc) is 2.68. The summed E-state index contributed by atoms with van der Waals surface area (Å²) in [7, 11) is 0. The summed E-state index contributed by atoms with van der Waals surface area (Å²) in [6.45, 7) is 7.51. The Morgan fingerprint density at radius 2 is 2.20 bits per heavy atom. The monoisotopic (exact) mass is 228 g/mol. The second-order valence-corrected chi connectivity index (χ2v) is 4.48. The van der Waals surface area contributed by atoms with Gasteiger partial charge in [-0.25, -0.2) is 0 Å². The van der Waals surface area contributed by atoms with Crippen molar-refractivity contribution in [3.63, 3.8) is 0 Å². The molecule has 0 radical (unpaired) electrons. The van der Waals surface area contributed by atoms with Gasteiger partial charge in [-0.15, -0.1) is 10.2 Å². The molecule has 6 heteroatoms. The van der Waals surface area contributed by atoms with Crippen molar-refractivity contribution in [2.24, 2.45) is 0 Å². The SMILES string of the molecule is CCNc1nnc(CN2CCOCC2)s1. The first-order chi connectivity index (χ1) is 7.38. The largest absolute Gasteiger partial charge is 0.379 e. The van der Waals surface area contributed by atoms with Crippen LogP contribution in [0.15, 0.2) is 0 Å². The van der Waals surface area contributed by atoms with Gasteiger partial charge in [0.15, 0.2) is 0 Å². The lowest BCUT2D eigenvalue weighted by Crippen LogP contribution is -2.35. The summed E-state index contributed by atoms with van der Waals surface area (Å²) in [6.07, 6.45) is 0. The van der Waals surface area contributed by atoms with Gasteiger partial charge in [0, 0.05) is 19.6 Å². The molecule has 1 aromatic rings. The lowest BCUT2D eigenvalue weighted by atomic mass is 10.4. The molecule has 1 aliphatic heterocycles. The number of ether oxygens (including phenoxy) is 1. The van der Waals surface area contributed by atoms with Crippen molar-refractivity contribution in [1.29, 1.82) is 0 Å². The third kappa shape index (κ3) is 3.12. The van der Waals surface area contributed by atoms with Crippen LogP contribution in [0.3, 0.4) is 0 Å². The van der Waals surface area contributed by atoms with Crippen molar-refractivity contribution in [1.82, 2.24) is 15.1 Å². The van der Waals surface area contributed by atoms with Crippen molar-refractivity contribution >= 4 is 16.5 Å². The molecule has 0 unspecified atom stereocenters. The van der Waals surface area contributed by atoms with E-state index in [1.165, 1.54) is 0 Å². The van der Waals surface area contributed by atoms with E-state index in [0.29, 0.717) is 0 Å². The third-order valence-corrected chi connectivity index (χ3v) is 3.12. The molecule has 0 bridgehead atoms. The van der Waals surface area contributed by atoms with E-state index in [4.69, 9.17) is 4.74 Å². The highest BCUT2D eigenvalue weighted by Crippen LogP contribution is 2.16. The zero-order valence-corrected chi connectivity index (χ0v) is 9.72. The van der Waals surface area contributed by atoms with Gasteiger partial charge in [0.2, 0.25) is 5.13 Å². The number of hydrogen-bond acceptors (Lipinski definition) is 6. The van der Waals surface area contributed by atoms with Crippen molar-refractivity contribution in [3.05, 3.63) is 5.01 Å². The summed E-state index contributed by atoms with van der Waals surface area (Å²) < 4.78 is 5.29. The summed E-state index contributed by atoms with van der Waals surface area (Å²) in [5, 5.41) is 13.4. The van der Waals surface area contributed by atoms with Gasteiger partial charge in [-0.1, -0.05) is 11.3 Å². The Morgan fingerprint density at radius 1 is 1.40 bits per heavy atom. The standard InChI is InChI=1S/C9H16N4OS/c1-2-10-9-12-11-8(15-9)7-13-3-5-14-6-4-13/h2-7H2,1H3,(H,10,12). The van der Waals surface area contributed by atoms with E-state index in [-0.39, 0.29) is 0 Å². The fourth-order valence-electron chi connectivity index (χ4n) is 1.49. The second kappa shape index (κ2) is 5.39. The maximum atomic E-state index is 5.29. The molecule has 0 aliphatic carbocycles. The van der Waals surface area contributed by atoms with Crippen LogP contribution in [0, 0.1) is 0 Å². The van der Waals surface area contributed by atoms with E-state index >= 15 is 0 Å². The third-order valence-electron chi connectivity index (χ3n) is 2.26. The van der Waals surface area contributed by atoms with Gasteiger partial charge in [-0.05, 0) is 6.92 Å². The summed E-state index contributed by atoms with van der Waals surface area (Å²) >= 11 is 1.64. The minimum atomic E-state index is 0.832. The lowest BCUT2D eigenvalue weighted by molar-refractivity contribution is 0.0341. The first kappa shape index (κ1) is 10.8. The van der Waals surface area contributed by atoms with Crippen LogP contribution in [-0.4, -0.2) is 47.9 Å². The fourth-order valence-corrected chi connectivity index (χ4v) is 2.34. The van der Waals surface area contributed by atoms with Crippen LogP contribution in [-0.2, 0) is 11.3 Å². The summed E-state index contributed by atoms with van der Waals surface area (Å²) in [5.74, 6) is 0. The Morgan fingerprint density at radius 3 is 2.93 bits per heavy atom. The molecule has 0 amide bonds. The van der Waals surface area contributed by atoms with Crippen molar-refractivity contribution in [2.45, 2.75) is 13.5 Å². The number of rotatable bonds is 4. The number of hydrogen-bond donors (Lipinski definition) is 1. The molecule has 0 aromatic carbocycles. The van der Waals surface area contributed by atoms with Gasteiger partial charge in [-0.3, -0.25) is 4.90 Å². The molecular weight excluding hydrogens is 212 g/mol. The van der Waals surface area contributed by atoms with Crippen LogP contribution >= 0.6 is 11.3 Å². The maximum absolute atomic E-state index is 5.29. The molecule has 1 aliphatic rings. The highest BCUT2D eigenvalue weighted by atomic mass is 32.1. The van der Waals surface area contributed by atoms with Gasteiger partial charge in [0.05, 0.1) is 19.8 Å². The van der Waals surface area contributed by atoms with E-state index in [2.05, 4.69) is 27.3 Å². The molecule has 1 N–H and O–H groups in total. The predicted octanol–water partition coefficient (Wildman–Crippen LogP) is 0.802. The second-order valence-electron chi connectivity index (χ2n) is 3.42. The Balaban J connectivity index is 1.86. The van der Waals surface area contributed by atoms with E-state index in [1.54, 1.807) is 11.3 Å². The van der Waals surface area contributed by atoms with Gasteiger partial charge in [0.1, 0.15) is 5.01 Å². The molecule has 0 atom stereocenters. The highest BCUT2D eigenvalue weighted by molar-refractivity contribution is 7.15. The topological polar surface area (TPSA) is 50.3 Å². The molecule has 1 fully saturated rings. The molecule has 1 saturated heterocycles. The van der Waals surface area contributed by atoms with E-state index in [1.807, 2.05) is 0 Å². The molecule has 0 spiro atoms. The normalized spacial score (nSPS) is 17.9. The average molecular weight is 228 g/mol. The summed E-state index contributed by atoms with van der Waals surface area (Å²) in [4.78, 5) is 2.35. The summed E-state index contributed by atoms with van der Waals surface area (Å²) in [6, 6.07) is 0. The molecule has 1 aromatic heterocycles. The zero-order chi connectivity index (χ0) is 10.5. The smallest absolute Gasteiger partial charge is 0.205 e. The summed E-state index contributed by atoms with van der Waals surface area (Å²) in [5.41, 5.74) is 0. The molecular formula is C9H16N4OS. The number of anilines is 1. The zero-order valence-electron chi connectivity index (χ0n) is 8.90. The Bertz CT molecular complexity index is 298. The van der Waals surface area contributed by atoms with Crippen LogP contribution in [0.1, 0.15) is 11.9 Å². The van der Waals surface area contributed by atoms with Crippen LogP contribution in [0.4, 0.5) is 5.13 Å². The Labute approximate surface area is 93.5 Å². The van der Waals surface area contributed by atoms with Crippen LogP contribution in [0.5, 0.6) is 0 Å². The van der Waals surface area contributed by atoms with Crippen LogP contribution in [0.25, 0.3) is 0 Å². The number of nitrogens with zero attached hydrogens (tertiary/aromatic N) is 3. The quantitative estimate of drug-likeness (QED) is 0.826. The first-order valence-electron chi connectivity index (χ1n) is 5.25. The number of morpholine rings is 1. The van der Waals surface area contributed by atoms with Gasteiger partial charge in [-0.2, -0.15) is 0 Å². The molecule has 5 nitrogen and oxygen atoms in total. The van der Waals surface area contributed by atoms with Crippen molar-refractivity contribution in [3.8, 4) is 0 Å². The van der Waals surface area contributed by atoms with Crippen molar-refractivity contribution in [2.75, 3.05) is 38.2 Å². The molecule has 0 saturated carbocycles. The predicted molar refractivity (Wildman–Crippen MR) is 60.2 cm³/mol. The molecule has 2 rings (SSSR count). The minimum Gasteiger partial charge on any atom is -0.379 e. The van der Waals surface area contributed by atoms with Gasteiger partial charge in [0.25, 0.3) is 0 Å². The minimum absolute atomic E-state index is 0.832. The van der Waals surface area contributed by atoms with E-state index in [9.17, 15) is 0 Å². The maximum Gasteiger partial charge on any atom is 0.205 e. The molecule has 2 heterocycles. The molecule has 15 heavy (non-hydrogen) atoms. The fraction of sp³-hybridized carbons (Fsp3) is 0.778. The van der Waals surface area contributed by atoms with E-state index < -0.39 is 0 Å². The van der Waals surface area contributed by atoms with Gasteiger partial charge >= 0.3 is 0 Å². The molecule has 84 valence electrons. The van der Waals surface area contributed by atoms with Gasteiger partial charge < -0.3 is 10.1 Å². The van der Waals surface area contributed by atoms with Crippen LogP contribution in [0.2, 0.25) is 0 Å². The Kier molecular flexibility index (Phi) is 3.87. The highest BCUT2D eigenvalue weighted by Gasteiger charge is 2.13. The van der Waals surface area contributed by atoms with Crippen LogP contribution < -0.4 is 5.32 Å². The number of nitrogens with one attached hydrogen (secondary N) is 1. The number of aromatic nitrogens is 2. The van der Waals surface area contributed by atoms with E-state index in [0.717, 1.165) is 49.5 Å².